The lowest BCUT2D eigenvalue weighted by Crippen LogP contribution is -2.36. The van der Waals surface area contributed by atoms with Gasteiger partial charge in [-0.15, -0.1) is 0 Å². The van der Waals surface area contributed by atoms with Crippen LogP contribution in [0.1, 0.15) is 27.8 Å². The summed E-state index contributed by atoms with van der Waals surface area (Å²) in [4.78, 5) is 39.6. The molecule has 37 heavy (non-hydrogen) atoms. The van der Waals surface area contributed by atoms with Crippen molar-refractivity contribution >= 4 is 68.1 Å². The van der Waals surface area contributed by atoms with Crippen molar-refractivity contribution in [2.24, 2.45) is 0 Å². The fourth-order valence-corrected chi connectivity index (χ4v) is 5.41. The van der Waals surface area contributed by atoms with Gasteiger partial charge >= 0.3 is 0 Å². The zero-order valence-electron chi connectivity index (χ0n) is 20.4. The number of carbonyl (C=O) groups is 3. The number of ether oxygens (including phenoxy) is 1. The number of halogens is 2. The van der Waals surface area contributed by atoms with Crippen molar-refractivity contribution in [2.45, 2.75) is 27.4 Å². The standard InChI is InChI=1S/C28H24BrClN2O4S/c1-16-10-17(2)26(18(3)11-16)31-25(33)14-32-27(34)24(37-28(32)35)13-20-12-21(29)8-9-23(20)36-15-19-6-4-5-7-22(19)30/h4-13H,14-15H2,1-3H3,(H,31,33)/b24-13+. The average Bonchev–Trinajstić information content (AvgIpc) is 3.09. The number of imide groups is 1. The zero-order valence-corrected chi connectivity index (χ0v) is 23.6. The largest absolute Gasteiger partial charge is 0.488 e. The number of thioether (sulfide) groups is 1. The zero-order chi connectivity index (χ0) is 26.7. The summed E-state index contributed by atoms with van der Waals surface area (Å²) >= 11 is 10.5. The number of carbonyl (C=O) groups excluding carboxylic acids is 3. The quantitative estimate of drug-likeness (QED) is 0.289. The van der Waals surface area contributed by atoms with Crippen LogP contribution in [-0.4, -0.2) is 28.5 Å². The van der Waals surface area contributed by atoms with Crippen LogP contribution in [0.15, 0.2) is 64.0 Å². The van der Waals surface area contributed by atoms with E-state index in [0.717, 1.165) is 43.4 Å². The number of aryl methyl sites for hydroxylation is 3. The second-order valence-corrected chi connectivity index (χ2v) is 11.0. The molecule has 9 heteroatoms. The highest BCUT2D eigenvalue weighted by Gasteiger charge is 2.36. The Kier molecular flexibility index (Phi) is 8.42. The molecule has 1 aliphatic heterocycles. The van der Waals surface area contributed by atoms with E-state index in [0.29, 0.717) is 22.0 Å². The lowest BCUT2D eigenvalue weighted by Gasteiger charge is -2.16. The van der Waals surface area contributed by atoms with Gasteiger partial charge in [0.15, 0.2) is 0 Å². The third kappa shape index (κ3) is 6.44. The Morgan fingerprint density at radius 1 is 1.08 bits per heavy atom. The number of nitrogens with one attached hydrogen (secondary N) is 1. The molecule has 3 aromatic rings. The maximum atomic E-state index is 13.1. The Bertz CT molecular complexity index is 1420. The first-order valence-corrected chi connectivity index (χ1v) is 13.4. The van der Waals surface area contributed by atoms with Crippen molar-refractivity contribution < 1.29 is 19.1 Å². The lowest BCUT2D eigenvalue weighted by atomic mass is 10.1. The summed E-state index contributed by atoms with van der Waals surface area (Å²) in [5.41, 5.74) is 5.04. The van der Waals surface area contributed by atoms with Crippen molar-refractivity contribution in [3.63, 3.8) is 0 Å². The Morgan fingerprint density at radius 2 is 1.78 bits per heavy atom. The van der Waals surface area contributed by atoms with E-state index >= 15 is 0 Å². The van der Waals surface area contributed by atoms with Crippen LogP contribution < -0.4 is 10.1 Å². The maximum absolute atomic E-state index is 13.1. The molecular weight excluding hydrogens is 576 g/mol. The molecule has 0 unspecified atom stereocenters. The van der Waals surface area contributed by atoms with Gasteiger partial charge in [0.05, 0.1) is 4.91 Å². The molecule has 1 saturated heterocycles. The molecule has 1 heterocycles. The predicted octanol–water partition coefficient (Wildman–Crippen LogP) is 7.28. The Labute approximate surface area is 233 Å². The van der Waals surface area contributed by atoms with Gasteiger partial charge in [0.25, 0.3) is 11.1 Å². The number of amides is 3. The van der Waals surface area contributed by atoms with E-state index in [1.165, 1.54) is 0 Å². The van der Waals surface area contributed by atoms with Crippen LogP contribution in [0.25, 0.3) is 6.08 Å². The molecule has 0 aromatic heterocycles. The van der Waals surface area contributed by atoms with Gasteiger partial charge in [0, 0.05) is 26.3 Å². The second kappa shape index (κ2) is 11.5. The van der Waals surface area contributed by atoms with Crippen molar-refractivity contribution in [3.8, 4) is 5.75 Å². The van der Waals surface area contributed by atoms with Crippen LogP contribution >= 0.6 is 39.3 Å². The molecule has 1 aliphatic rings. The number of hydrogen-bond donors (Lipinski definition) is 1. The molecular formula is C28H24BrClN2O4S. The Balaban J connectivity index is 1.50. The van der Waals surface area contributed by atoms with Crippen molar-refractivity contribution in [3.05, 3.63) is 96.8 Å². The minimum Gasteiger partial charge on any atom is -0.488 e. The average molecular weight is 600 g/mol. The van der Waals surface area contributed by atoms with Gasteiger partial charge in [-0.1, -0.05) is 63.4 Å². The third-order valence-corrected chi connectivity index (χ3v) is 7.49. The lowest BCUT2D eigenvalue weighted by molar-refractivity contribution is -0.127. The molecule has 1 fully saturated rings. The summed E-state index contributed by atoms with van der Waals surface area (Å²) in [6.45, 7) is 5.66. The topological polar surface area (TPSA) is 75.7 Å². The number of benzene rings is 3. The fourth-order valence-electron chi connectivity index (χ4n) is 4.01. The fraction of sp³-hybridized carbons (Fsp3) is 0.179. The van der Waals surface area contributed by atoms with Gasteiger partial charge in [0.1, 0.15) is 18.9 Å². The van der Waals surface area contributed by atoms with Gasteiger partial charge in [-0.25, -0.2) is 0 Å². The van der Waals surface area contributed by atoms with Crippen molar-refractivity contribution in [1.82, 2.24) is 4.90 Å². The van der Waals surface area contributed by atoms with Crippen LogP contribution in [0.4, 0.5) is 10.5 Å². The molecule has 6 nitrogen and oxygen atoms in total. The van der Waals surface area contributed by atoms with Gasteiger partial charge in [-0.2, -0.15) is 0 Å². The molecule has 3 amide bonds. The van der Waals surface area contributed by atoms with Crippen molar-refractivity contribution in [2.75, 3.05) is 11.9 Å². The number of anilines is 1. The molecule has 0 saturated carbocycles. The first kappa shape index (κ1) is 27.0. The van der Waals surface area contributed by atoms with Crippen LogP contribution in [0, 0.1) is 20.8 Å². The summed E-state index contributed by atoms with van der Waals surface area (Å²) in [5.74, 6) is -0.442. The SMILES string of the molecule is Cc1cc(C)c(NC(=O)CN2C(=O)S/C(=C/c3cc(Br)ccc3OCc3ccccc3Cl)C2=O)c(C)c1. The van der Waals surface area contributed by atoms with Crippen LogP contribution in [0.2, 0.25) is 5.02 Å². The van der Waals surface area contributed by atoms with Gasteiger partial charge in [-0.05, 0) is 74.0 Å². The van der Waals surface area contributed by atoms with Crippen LogP contribution in [0.5, 0.6) is 5.75 Å². The predicted molar refractivity (Wildman–Crippen MR) is 152 cm³/mol. The van der Waals surface area contributed by atoms with Gasteiger partial charge in [0.2, 0.25) is 5.91 Å². The minimum absolute atomic E-state index is 0.209. The molecule has 0 spiro atoms. The van der Waals surface area contributed by atoms with Crippen molar-refractivity contribution in [1.29, 1.82) is 0 Å². The van der Waals surface area contributed by atoms with Gasteiger partial charge < -0.3 is 10.1 Å². The van der Waals surface area contributed by atoms with E-state index in [2.05, 4.69) is 21.2 Å². The molecule has 4 rings (SSSR count). The molecule has 1 N–H and O–H groups in total. The molecule has 190 valence electrons. The van der Waals surface area contributed by atoms with E-state index < -0.39 is 17.1 Å². The first-order chi connectivity index (χ1) is 17.6. The van der Waals surface area contributed by atoms with E-state index in [9.17, 15) is 14.4 Å². The van der Waals surface area contributed by atoms with E-state index in [1.54, 1.807) is 24.3 Å². The number of hydrogen-bond acceptors (Lipinski definition) is 5. The van der Waals surface area contributed by atoms with Gasteiger partial charge in [-0.3, -0.25) is 19.3 Å². The smallest absolute Gasteiger partial charge is 0.294 e. The molecule has 0 aliphatic carbocycles. The highest BCUT2D eigenvalue weighted by Crippen LogP contribution is 2.35. The van der Waals surface area contributed by atoms with E-state index in [1.807, 2.05) is 57.2 Å². The first-order valence-electron chi connectivity index (χ1n) is 11.4. The summed E-state index contributed by atoms with van der Waals surface area (Å²) in [6.07, 6.45) is 1.60. The Morgan fingerprint density at radius 3 is 2.49 bits per heavy atom. The highest BCUT2D eigenvalue weighted by molar-refractivity contribution is 9.10. The maximum Gasteiger partial charge on any atom is 0.294 e. The monoisotopic (exact) mass is 598 g/mol. The normalized spacial score (nSPS) is 14.4. The number of nitrogens with zero attached hydrogens (tertiary/aromatic N) is 1. The molecule has 0 bridgehead atoms. The van der Waals surface area contributed by atoms with Crippen LogP contribution in [-0.2, 0) is 16.2 Å². The highest BCUT2D eigenvalue weighted by atomic mass is 79.9. The van der Waals surface area contributed by atoms with E-state index in [4.69, 9.17) is 16.3 Å². The molecule has 0 atom stereocenters. The summed E-state index contributed by atoms with van der Waals surface area (Å²) in [5, 5.41) is 2.93. The molecule has 3 aromatic carbocycles. The molecule has 0 radical (unpaired) electrons. The summed E-state index contributed by atoms with van der Waals surface area (Å²) in [6, 6.07) is 16.7. The minimum atomic E-state index is -0.528. The third-order valence-electron chi connectivity index (χ3n) is 5.72. The summed E-state index contributed by atoms with van der Waals surface area (Å²) < 4.78 is 6.77. The number of rotatable bonds is 7. The van der Waals surface area contributed by atoms with Crippen LogP contribution in [0.3, 0.4) is 0 Å². The second-order valence-electron chi connectivity index (χ2n) is 8.65. The van der Waals surface area contributed by atoms with E-state index in [-0.39, 0.29) is 18.1 Å². The Hall–Kier alpha value is -3.07. The summed E-state index contributed by atoms with van der Waals surface area (Å²) in [7, 11) is 0.